The van der Waals surface area contributed by atoms with Crippen LogP contribution in [0.2, 0.25) is 0 Å². The highest BCUT2D eigenvalue weighted by atomic mass is 16.5. The second kappa shape index (κ2) is 55.7. The molecule has 3 N–H and O–H groups in total. The molecule has 0 aliphatic carbocycles. The Labute approximate surface area is 411 Å². The van der Waals surface area contributed by atoms with E-state index in [-0.39, 0.29) is 18.5 Å². The lowest BCUT2D eigenvalue weighted by molar-refractivity contribution is -0.143. The largest absolute Gasteiger partial charge is 0.466 e. The molecule has 0 aromatic carbocycles. The minimum Gasteiger partial charge on any atom is -0.466 e. The first kappa shape index (κ1) is 64.1. The maximum Gasteiger partial charge on any atom is 0.305 e. The predicted octanol–water partition coefficient (Wildman–Crippen LogP) is 18.0. The van der Waals surface area contributed by atoms with Gasteiger partial charge in [-0.1, -0.05) is 269 Å². The van der Waals surface area contributed by atoms with E-state index in [0.717, 1.165) is 57.8 Å². The lowest BCUT2D eigenvalue weighted by atomic mass is 10.0. The summed E-state index contributed by atoms with van der Waals surface area (Å²) in [5.41, 5.74) is 0. The molecule has 388 valence electrons. The monoisotopic (exact) mass is 928 g/mol. The van der Waals surface area contributed by atoms with Gasteiger partial charge in [0.25, 0.3) is 0 Å². The van der Waals surface area contributed by atoms with Crippen molar-refractivity contribution in [1.29, 1.82) is 0 Å². The fraction of sp³-hybridized carbons (Fsp3) is 0.867. The van der Waals surface area contributed by atoms with Crippen LogP contribution >= 0.6 is 0 Å². The van der Waals surface area contributed by atoms with Gasteiger partial charge in [-0.15, -0.1) is 0 Å². The fourth-order valence-corrected chi connectivity index (χ4v) is 8.90. The molecule has 0 spiro atoms. The van der Waals surface area contributed by atoms with E-state index < -0.39 is 12.1 Å². The molecule has 6 nitrogen and oxygen atoms in total. The molecule has 0 saturated heterocycles. The Morgan fingerprint density at radius 1 is 0.424 bits per heavy atom. The molecule has 0 aromatic heterocycles. The first-order valence-electron chi connectivity index (χ1n) is 29.3. The minimum absolute atomic E-state index is 0.00563. The van der Waals surface area contributed by atoms with Crippen LogP contribution in [0.25, 0.3) is 0 Å². The van der Waals surface area contributed by atoms with E-state index in [0.29, 0.717) is 19.4 Å². The van der Waals surface area contributed by atoms with Crippen LogP contribution in [-0.4, -0.2) is 47.4 Å². The number of carbonyl (C=O) groups excluding carboxylic acids is 2. The smallest absolute Gasteiger partial charge is 0.305 e. The topological polar surface area (TPSA) is 95.9 Å². The van der Waals surface area contributed by atoms with Crippen LogP contribution in [0.5, 0.6) is 0 Å². The highest BCUT2D eigenvalue weighted by molar-refractivity contribution is 5.76. The summed E-state index contributed by atoms with van der Waals surface area (Å²) < 4.78 is 5.48. The van der Waals surface area contributed by atoms with Gasteiger partial charge in [-0.05, 0) is 64.2 Å². The molecule has 1 amide bonds. The van der Waals surface area contributed by atoms with Crippen LogP contribution < -0.4 is 5.32 Å². The zero-order valence-electron chi connectivity index (χ0n) is 44.2. The Balaban J connectivity index is 3.45. The SMILES string of the molecule is CCCCC/C=C\C/C=C\CCCCCCCCCC(=O)OCCCCCCCCCCCCCCCCCCC(=O)NC(CO)C(O)/C=C/CCCCCCCCCCCCCCCC. The number of esters is 1. The van der Waals surface area contributed by atoms with Crippen LogP contribution in [0.3, 0.4) is 0 Å². The molecule has 0 aliphatic rings. The second-order valence-electron chi connectivity index (χ2n) is 20.0. The predicted molar refractivity (Wildman–Crippen MR) is 287 cm³/mol. The molecule has 2 unspecified atom stereocenters. The van der Waals surface area contributed by atoms with Crippen molar-refractivity contribution in [2.24, 2.45) is 0 Å². The fourth-order valence-electron chi connectivity index (χ4n) is 8.90. The molecule has 0 bridgehead atoms. The van der Waals surface area contributed by atoms with E-state index in [1.165, 1.54) is 225 Å². The maximum atomic E-state index is 12.5. The van der Waals surface area contributed by atoms with E-state index in [1.807, 2.05) is 6.08 Å². The van der Waals surface area contributed by atoms with Crippen LogP contribution in [0, 0.1) is 0 Å². The molecule has 0 aliphatic heterocycles. The summed E-state index contributed by atoms with van der Waals surface area (Å²) in [6, 6.07) is -0.634. The van der Waals surface area contributed by atoms with Crippen molar-refractivity contribution in [3.63, 3.8) is 0 Å². The molecule has 0 saturated carbocycles. The highest BCUT2D eigenvalue weighted by Crippen LogP contribution is 2.17. The molecule has 0 aromatic rings. The highest BCUT2D eigenvalue weighted by Gasteiger charge is 2.18. The number of nitrogens with one attached hydrogen (secondary N) is 1. The van der Waals surface area contributed by atoms with Crippen LogP contribution in [0.4, 0.5) is 0 Å². The van der Waals surface area contributed by atoms with Crippen LogP contribution in [0.15, 0.2) is 36.5 Å². The van der Waals surface area contributed by atoms with Gasteiger partial charge in [0.2, 0.25) is 5.91 Å². The lowest BCUT2D eigenvalue weighted by Gasteiger charge is -2.20. The normalized spacial score (nSPS) is 12.8. The molecule has 0 heterocycles. The van der Waals surface area contributed by atoms with Gasteiger partial charge in [0.15, 0.2) is 0 Å². The molecule has 0 radical (unpaired) electrons. The van der Waals surface area contributed by atoms with Crippen molar-refractivity contribution in [3.05, 3.63) is 36.5 Å². The van der Waals surface area contributed by atoms with Gasteiger partial charge in [0.05, 0.1) is 25.4 Å². The van der Waals surface area contributed by atoms with Gasteiger partial charge in [0, 0.05) is 12.8 Å². The van der Waals surface area contributed by atoms with Crippen molar-refractivity contribution < 1.29 is 24.5 Å². The Hall–Kier alpha value is -1.92. The number of amides is 1. The lowest BCUT2D eigenvalue weighted by Crippen LogP contribution is -2.45. The zero-order valence-corrected chi connectivity index (χ0v) is 44.2. The van der Waals surface area contributed by atoms with E-state index in [1.54, 1.807) is 6.08 Å². The summed E-state index contributed by atoms with van der Waals surface area (Å²) in [6.45, 7) is 4.87. The Bertz CT molecular complexity index is 1070. The Morgan fingerprint density at radius 3 is 1.18 bits per heavy atom. The molecule has 0 fully saturated rings. The summed E-state index contributed by atoms with van der Waals surface area (Å²) in [4.78, 5) is 24.5. The quantitative estimate of drug-likeness (QED) is 0.0321. The van der Waals surface area contributed by atoms with Gasteiger partial charge in [-0.3, -0.25) is 9.59 Å². The third-order valence-corrected chi connectivity index (χ3v) is 13.4. The number of unbranched alkanes of at least 4 members (excludes halogenated alkanes) is 39. The average Bonchev–Trinajstić information content (AvgIpc) is 3.32. The van der Waals surface area contributed by atoms with Gasteiger partial charge in [-0.2, -0.15) is 0 Å². The first-order chi connectivity index (χ1) is 32.5. The summed E-state index contributed by atoms with van der Waals surface area (Å²) in [5, 5.41) is 23.1. The number of aliphatic hydroxyl groups excluding tert-OH is 2. The Morgan fingerprint density at radius 2 is 0.758 bits per heavy atom. The molecular weight excluding hydrogens is 815 g/mol. The average molecular weight is 929 g/mol. The Kier molecular flexibility index (Phi) is 54.1. The van der Waals surface area contributed by atoms with Gasteiger partial charge in [-0.25, -0.2) is 0 Å². The van der Waals surface area contributed by atoms with Crippen molar-refractivity contribution in [2.75, 3.05) is 13.2 Å². The summed E-state index contributed by atoms with van der Waals surface area (Å²) in [6.07, 6.45) is 68.7. The molecule has 66 heavy (non-hydrogen) atoms. The number of hydrogen-bond donors (Lipinski definition) is 3. The van der Waals surface area contributed by atoms with Gasteiger partial charge >= 0.3 is 5.97 Å². The number of hydrogen-bond acceptors (Lipinski definition) is 5. The van der Waals surface area contributed by atoms with Crippen LogP contribution in [-0.2, 0) is 14.3 Å². The van der Waals surface area contributed by atoms with Crippen molar-refractivity contribution in [3.8, 4) is 0 Å². The van der Waals surface area contributed by atoms with E-state index in [4.69, 9.17) is 4.74 Å². The third kappa shape index (κ3) is 51.5. The van der Waals surface area contributed by atoms with Gasteiger partial charge < -0.3 is 20.3 Å². The van der Waals surface area contributed by atoms with Crippen LogP contribution in [0.1, 0.15) is 309 Å². The summed E-state index contributed by atoms with van der Waals surface area (Å²) >= 11 is 0. The summed E-state index contributed by atoms with van der Waals surface area (Å²) in [5.74, 6) is -0.0796. The van der Waals surface area contributed by atoms with E-state index in [2.05, 4.69) is 43.5 Å². The second-order valence-corrected chi connectivity index (χ2v) is 20.0. The third-order valence-electron chi connectivity index (χ3n) is 13.4. The molecule has 0 rings (SSSR count). The molecule has 2 atom stereocenters. The maximum absolute atomic E-state index is 12.5. The molecular formula is C60H113NO5. The molecule has 6 heteroatoms. The van der Waals surface area contributed by atoms with Gasteiger partial charge in [0.1, 0.15) is 0 Å². The number of carbonyl (C=O) groups is 2. The van der Waals surface area contributed by atoms with E-state index in [9.17, 15) is 19.8 Å². The number of rotatable bonds is 54. The minimum atomic E-state index is -0.850. The number of allylic oxidation sites excluding steroid dienone is 5. The zero-order chi connectivity index (χ0) is 47.9. The standard InChI is InChI=1S/C60H113NO5/c1-3-5-7-9-11-13-15-17-19-21-26-30-34-38-42-46-50-54-60(65)66-55-51-47-43-39-35-31-27-23-22-25-29-33-37-41-45-49-53-59(64)61-57(56-62)58(63)52-48-44-40-36-32-28-24-20-18-16-14-12-10-8-6-4-2/h11,13,17,19,48,52,57-58,62-63H,3-10,12,14-16,18,20-47,49-51,53-56H2,1-2H3,(H,61,64)/b13-11-,19-17-,52-48+. The van der Waals surface area contributed by atoms with Crippen molar-refractivity contribution in [2.45, 2.75) is 321 Å². The van der Waals surface area contributed by atoms with E-state index >= 15 is 0 Å². The van der Waals surface area contributed by atoms with Crippen molar-refractivity contribution in [1.82, 2.24) is 5.32 Å². The van der Waals surface area contributed by atoms with Crippen molar-refractivity contribution >= 4 is 11.9 Å². The first-order valence-corrected chi connectivity index (χ1v) is 29.3. The number of aliphatic hydroxyl groups is 2. The summed E-state index contributed by atoms with van der Waals surface area (Å²) in [7, 11) is 0. The number of ether oxygens (including phenoxy) is 1.